The quantitative estimate of drug-likeness (QED) is 0.349. The molecule has 0 aromatic carbocycles. The molecule has 0 aliphatic carbocycles. The fourth-order valence-corrected chi connectivity index (χ4v) is 1.41. The van der Waals surface area contributed by atoms with Crippen molar-refractivity contribution in [2.24, 2.45) is 11.7 Å². The first-order chi connectivity index (χ1) is 5.83. The zero-order valence-corrected chi connectivity index (χ0v) is 9.13. The molecule has 0 bridgehead atoms. The molecule has 0 saturated carbocycles. The lowest BCUT2D eigenvalue weighted by molar-refractivity contribution is 0.544. The van der Waals surface area contributed by atoms with Crippen molar-refractivity contribution in [1.29, 1.82) is 0 Å². The highest BCUT2D eigenvalue weighted by molar-refractivity contribution is 7.87. The Kier molecular flexibility index (Phi) is 5.14. The summed E-state index contributed by atoms with van der Waals surface area (Å²) >= 11 is 4.41. The van der Waals surface area contributed by atoms with Crippen LogP contribution in [0.25, 0.3) is 0 Å². The molecule has 0 unspecified atom stereocenters. The van der Waals surface area contributed by atoms with Crippen molar-refractivity contribution in [2.75, 3.05) is 6.54 Å². The number of thiocarbonyl (C=S) groups is 1. The Bertz CT molecular complexity index is 262. The molecule has 78 valence electrons. The van der Waals surface area contributed by atoms with Gasteiger partial charge in [-0.1, -0.05) is 13.8 Å². The monoisotopic (exact) mass is 226 g/mol. The number of hydrogen-bond acceptors (Lipinski definition) is 3. The van der Waals surface area contributed by atoms with Gasteiger partial charge in [0.2, 0.25) is 0 Å². The Balaban J connectivity index is 3.88. The Morgan fingerprint density at radius 1 is 1.54 bits per heavy atom. The van der Waals surface area contributed by atoms with Crippen molar-refractivity contribution < 1.29 is 8.42 Å². The molecule has 0 spiro atoms. The Labute approximate surface area is 83.4 Å². The smallest absolute Gasteiger partial charge is 0.293 e. The Hall–Kier alpha value is -0.440. The van der Waals surface area contributed by atoms with Crippen LogP contribution in [0.4, 0.5) is 0 Å². The van der Waals surface area contributed by atoms with E-state index in [4.69, 9.17) is 5.73 Å². The maximum Gasteiger partial charge on any atom is 0.293 e. The molecular formula is C5H14N4O2S2. The third-order valence-electron chi connectivity index (χ3n) is 0.990. The fourth-order valence-electron chi connectivity index (χ4n) is 0.430. The summed E-state index contributed by atoms with van der Waals surface area (Å²) in [7, 11) is -3.55. The predicted octanol–water partition coefficient (Wildman–Crippen LogP) is -1.19. The molecule has 0 radical (unpaired) electrons. The zero-order valence-electron chi connectivity index (χ0n) is 7.49. The van der Waals surface area contributed by atoms with Crippen molar-refractivity contribution in [2.45, 2.75) is 13.8 Å². The van der Waals surface area contributed by atoms with Crippen LogP contribution in [0.15, 0.2) is 0 Å². The highest BCUT2D eigenvalue weighted by atomic mass is 32.2. The van der Waals surface area contributed by atoms with E-state index in [2.05, 4.69) is 22.4 Å². The summed E-state index contributed by atoms with van der Waals surface area (Å²) in [6, 6.07) is 0. The topological polar surface area (TPSA) is 96.2 Å². The van der Waals surface area contributed by atoms with Crippen LogP contribution in [0.2, 0.25) is 0 Å². The Morgan fingerprint density at radius 2 is 2.08 bits per heavy atom. The number of nitrogens with one attached hydrogen (secondary N) is 3. The molecule has 0 atom stereocenters. The molecule has 0 saturated heterocycles. The van der Waals surface area contributed by atoms with Crippen LogP contribution in [0.1, 0.15) is 13.8 Å². The molecule has 8 heteroatoms. The minimum Gasteiger partial charge on any atom is -0.375 e. The van der Waals surface area contributed by atoms with Crippen molar-refractivity contribution in [3.05, 3.63) is 0 Å². The highest BCUT2D eigenvalue weighted by Crippen LogP contribution is 1.87. The first-order valence-corrected chi connectivity index (χ1v) is 5.54. The molecule has 0 heterocycles. The van der Waals surface area contributed by atoms with Gasteiger partial charge in [0.15, 0.2) is 5.11 Å². The molecule has 6 nitrogen and oxygen atoms in total. The number of nitrogens with two attached hydrogens (primary N) is 1. The molecule has 0 amide bonds. The second-order valence-corrected chi connectivity index (χ2v) is 4.78. The van der Waals surface area contributed by atoms with Crippen LogP contribution in [-0.2, 0) is 10.2 Å². The van der Waals surface area contributed by atoms with E-state index in [9.17, 15) is 8.42 Å². The van der Waals surface area contributed by atoms with Gasteiger partial charge in [-0.05, 0) is 18.1 Å². The molecule has 13 heavy (non-hydrogen) atoms. The summed E-state index contributed by atoms with van der Waals surface area (Å²) in [5, 5.41) is -0.130. The molecule has 0 aromatic rings. The standard InChI is InChI=1S/C5H14N4O2S2/c1-4(2)3-7-13(10,11)9-8-5(6)12/h4,7,9H,3H2,1-2H3,(H3,6,8,12). The summed E-state index contributed by atoms with van der Waals surface area (Å²) in [5.74, 6) is 0.237. The maximum absolute atomic E-state index is 11.0. The summed E-state index contributed by atoms with van der Waals surface area (Å²) in [6.07, 6.45) is 0. The lowest BCUT2D eigenvalue weighted by atomic mass is 10.2. The van der Waals surface area contributed by atoms with Crippen LogP contribution in [0.3, 0.4) is 0 Å². The largest absolute Gasteiger partial charge is 0.375 e. The van der Waals surface area contributed by atoms with Crippen molar-refractivity contribution in [1.82, 2.24) is 15.0 Å². The van der Waals surface area contributed by atoms with Gasteiger partial charge in [-0.2, -0.15) is 8.42 Å². The van der Waals surface area contributed by atoms with Gasteiger partial charge >= 0.3 is 0 Å². The van der Waals surface area contributed by atoms with Gasteiger partial charge in [-0.15, -0.1) is 4.83 Å². The third-order valence-corrected chi connectivity index (χ3v) is 2.01. The van der Waals surface area contributed by atoms with Crippen LogP contribution in [0.5, 0.6) is 0 Å². The van der Waals surface area contributed by atoms with Gasteiger partial charge < -0.3 is 5.73 Å². The number of hydrogen-bond donors (Lipinski definition) is 4. The molecule has 0 aliphatic rings. The highest BCUT2D eigenvalue weighted by Gasteiger charge is 2.08. The van der Waals surface area contributed by atoms with E-state index in [0.717, 1.165) is 0 Å². The number of hydrazine groups is 1. The average molecular weight is 226 g/mol. The molecule has 0 aliphatic heterocycles. The first-order valence-electron chi connectivity index (χ1n) is 3.65. The summed E-state index contributed by atoms with van der Waals surface area (Å²) in [6.45, 7) is 4.14. The van der Waals surface area contributed by atoms with Gasteiger partial charge in [-0.25, -0.2) is 4.72 Å². The molecule has 0 rings (SSSR count). The van der Waals surface area contributed by atoms with E-state index in [1.807, 2.05) is 18.7 Å². The van der Waals surface area contributed by atoms with E-state index in [-0.39, 0.29) is 11.0 Å². The zero-order chi connectivity index (χ0) is 10.5. The van der Waals surface area contributed by atoms with E-state index in [0.29, 0.717) is 6.54 Å². The van der Waals surface area contributed by atoms with Crippen molar-refractivity contribution in [3.8, 4) is 0 Å². The summed E-state index contributed by atoms with van der Waals surface area (Å²) < 4.78 is 24.4. The van der Waals surface area contributed by atoms with Crippen LogP contribution in [-0.4, -0.2) is 20.1 Å². The van der Waals surface area contributed by atoms with E-state index in [1.54, 1.807) is 0 Å². The van der Waals surface area contributed by atoms with Crippen LogP contribution < -0.4 is 20.7 Å². The first kappa shape index (κ1) is 12.6. The van der Waals surface area contributed by atoms with Gasteiger partial charge in [-0.3, -0.25) is 5.43 Å². The van der Waals surface area contributed by atoms with Crippen molar-refractivity contribution in [3.63, 3.8) is 0 Å². The van der Waals surface area contributed by atoms with Gasteiger partial charge in [0.05, 0.1) is 0 Å². The van der Waals surface area contributed by atoms with E-state index in [1.165, 1.54) is 0 Å². The van der Waals surface area contributed by atoms with E-state index >= 15 is 0 Å². The van der Waals surface area contributed by atoms with Crippen LogP contribution in [0, 0.1) is 5.92 Å². The van der Waals surface area contributed by atoms with Gasteiger partial charge in [0.1, 0.15) is 0 Å². The minimum absolute atomic E-state index is 0.130. The summed E-state index contributed by atoms with van der Waals surface area (Å²) in [5.41, 5.74) is 7.14. The van der Waals surface area contributed by atoms with Crippen molar-refractivity contribution >= 4 is 27.5 Å². The maximum atomic E-state index is 11.0. The third kappa shape index (κ3) is 7.91. The second kappa shape index (κ2) is 5.32. The average Bonchev–Trinajstić information content (AvgIpc) is 1.98. The van der Waals surface area contributed by atoms with Crippen LogP contribution >= 0.6 is 12.2 Å². The molecule has 0 aromatic heterocycles. The second-order valence-electron chi connectivity index (χ2n) is 2.84. The molecule has 5 N–H and O–H groups in total. The predicted molar refractivity (Wildman–Crippen MR) is 54.8 cm³/mol. The van der Waals surface area contributed by atoms with Gasteiger partial charge in [0, 0.05) is 6.54 Å². The Morgan fingerprint density at radius 3 is 2.46 bits per heavy atom. The number of rotatable bonds is 5. The lowest BCUT2D eigenvalue weighted by Crippen LogP contribution is -2.49. The normalized spacial score (nSPS) is 11.6. The molecular weight excluding hydrogens is 212 g/mol. The lowest BCUT2D eigenvalue weighted by Gasteiger charge is -2.10. The van der Waals surface area contributed by atoms with E-state index < -0.39 is 10.2 Å². The minimum atomic E-state index is -3.55. The fraction of sp³-hybridized carbons (Fsp3) is 0.800. The molecule has 0 fully saturated rings. The van der Waals surface area contributed by atoms with Gasteiger partial charge in [0.25, 0.3) is 10.2 Å². The summed E-state index contributed by atoms with van der Waals surface area (Å²) in [4.78, 5) is 1.96. The SMILES string of the molecule is CC(C)CNS(=O)(=O)NNC(N)=S.